The van der Waals surface area contributed by atoms with Crippen LogP contribution in [-0.4, -0.2) is 23.2 Å². The minimum Gasteiger partial charge on any atom is -0.296 e. The van der Waals surface area contributed by atoms with Gasteiger partial charge in [0.05, 0.1) is 0 Å². The van der Waals surface area contributed by atoms with Crippen molar-refractivity contribution in [2.45, 2.75) is 40.3 Å². The maximum absolute atomic E-state index is 4.50. The van der Waals surface area contributed by atoms with Gasteiger partial charge in [-0.2, -0.15) is 12.6 Å². The molecule has 0 aliphatic carbocycles. The molecule has 0 aromatic heterocycles. The van der Waals surface area contributed by atoms with E-state index in [2.05, 4.69) is 75.6 Å². The van der Waals surface area contributed by atoms with Crippen LogP contribution in [0.15, 0.2) is 30.3 Å². The first kappa shape index (κ1) is 15.6. The highest BCUT2D eigenvalue weighted by Crippen LogP contribution is 2.17. The Morgan fingerprint density at radius 3 is 2.11 bits per heavy atom. The van der Waals surface area contributed by atoms with Crippen molar-refractivity contribution in [3.05, 3.63) is 35.9 Å². The van der Waals surface area contributed by atoms with Crippen molar-refractivity contribution >= 4 is 12.6 Å². The fourth-order valence-corrected chi connectivity index (χ4v) is 2.59. The Morgan fingerprint density at radius 1 is 1.06 bits per heavy atom. The molecule has 0 saturated heterocycles. The molecule has 0 amide bonds. The van der Waals surface area contributed by atoms with Crippen LogP contribution >= 0.6 is 12.6 Å². The molecule has 0 saturated carbocycles. The van der Waals surface area contributed by atoms with Gasteiger partial charge in [-0.1, -0.05) is 44.2 Å². The van der Waals surface area contributed by atoms with E-state index in [9.17, 15) is 0 Å². The summed E-state index contributed by atoms with van der Waals surface area (Å²) >= 11 is 4.50. The predicted octanol–water partition coefficient (Wildman–Crippen LogP) is 4.10. The summed E-state index contributed by atoms with van der Waals surface area (Å²) in [5, 5.41) is 0. The fourth-order valence-electron chi connectivity index (χ4n) is 2.06. The molecule has 0 aliphatic heterocycles. The van der Waals surface area contributed by atoms with Gasteiger partial charge in [0.25, 0.3) is 0 Å². The summed E-state index contributed by atoms with van der Waals surface area (Å²) in [6.45, 7) is 11.3. The van der Waals surface area contributed by atoms with E-state index >= 15 is 0 Å². The van der Waals surface area contributed by atoms with Crippen LogP contribution in [0.1, 0.15) is 33.3 Å². The van der Waals surface area contributed by atoms with Crippen LogP contribution in [0.4, 0.5) is 0 Å². The van der Waals surface area contributed by atoms with Crippen LogP contribution in [0.25, 0.3) is 0 Å². The lowest BCUT2D eigenvalue weighted by molar-refractivity contribution is 0.167. The minimum atomic E-state index is 0.575. The Morgan fingerprint density at radius 2 is 1.67 bits per heavy atom. The van der Waals surface area contributed by atoms with E-state index in [1.54, 1.807) is 0 Å². The molecule has 1 nitrogen and oxygen atoms in total. The van der Waals surface area contributed by atoms with Gasteiger partial charge in [-0.3, -0.25) is 4.90 Å². The molecule has 18 heavy (non-hydrogen) atoms. The van der Waals surface area contributed by atoms with E-state index in [1.807, 2.05) is 0 Å². The number of thiol groups is 1. The molecular weight excluding hydrogens is 238 g/mol. The Bertz CT molecular complexity index is 321. The second kappa shape index (κ2) is 7.85. The minimum absolute atomic E-state index is 0.575. The van der Waals surface area contributed by atoms with Gasteiger partial charge in [0.15, 0.2) is 0 Å². The second-order valence-corrected chi connectivity index (χ2v) is 6.06. The van der Waals surface area contributed by atoms with Gasteiger partial charge >= 0.3 is 0 Å². The van der Waals surface area contributed by atoms with Gasteiger partial charge in [-0.25, -0.2) is 0 Å². The van der Waals surface area contributed by atoms with Gasteiger partial charge in [0, 0.05) is 19.1 Å². The van der Waals surface area contributed by atoms with E-state index in [4.69, 9.17) is 0 Å². The highest BCUT2D eigenvalue weighted by molar-refractivity contribution is 7.80. The Labute approximate surface area is 118 Å². The monoisotopic (exact) mass is 265 g/mol. The molecule has 1 atom stereocenters. The van der Waals surface area contributed by atoms with Gasteiger partial charge in [-0.05, 0) is 37.0 Å². The molecule has 0 spiro atoms. The van der Waals surface area contributed by atoms with Crippen molar-refractivity contribution < 1.29 is 0 Å². The average molecular weight is 265 g/mol. The Balaban J connectivity index is 2.66. The third-order valence-electron chi connectivity index (χ3n) is 3.61. The van der Waals surface area contributed by atoms with Crippen molar-refractivity contribution in [3.63, 3.8) is 0 Å². The van der Waals surface area contributed by atoms with E-state index < -0.39 is 0 Å². The maximum atomic E-state index is 4.50. The molecule has 2 heteroatoms. The van der Waals surface area contributed by atoms with Crippen molar-refractivity contribution in [2.24, 2.45) is 11.8 Å². The standard InChI is InChI=1S/C16H27NS/c1-13(2)16(12-18)11-17(14(3)4)10-15-8-6-5-7-9-15/h5-9,13-14,16,18H,10-12H2,1-4H3. The fraction of sp³-hybridized carbons (Fsp3) is 0.625. The smallest absolute Gasteiger partial charge is 0.0236 e. The summed E-state index contributed by atoms with van der Waals surface area (Å²) in [6.07, 6.45) is 0. The van der Waals surface area contributed by atoms with Crippen LogP contribution in [0.2, 0.25) is 0 Å². The second-order valence-electron chi connectivity index (χ2n) is 5.70. The quantitative estimate of drug-likeness (QED) is 0.727. The maximum Gasteiger partial charge on any atom is 0.0236 e. The van der Waals surface area contributed by atoms with Crippen LogP contribution in [-0.2, 0) is 6.54 Å². The predicted molar refractivity (Wildman–Crippen MR) is 84.2 cm³/mol. The Hall–Kier alpha value is -0.470. The number of hydrogen-bond donors (Lipinski definition) is 1. The van der Waals surface area contributed by atoms with Crippen LogP contribution in [0, 0.1) is 11.8 Å². The number of rotatable bonds is 7. The van der Waals surface area contributed by atoms with Crippen molar-refractivity contribution in [1.29, 1.82) is 0 Å². The largest absolute Gasteiger partial charge is 0.296 e. The average Bonchev–Trinajstić information content (AvgIpc) is 2.34. The third-order valence-corrected chi connectivity index (χ3v) is 4.07. The lowest BCUT2D eigenvalue weighted by Gasteiger charge is -2.32. The van der Waals surface area contributed by atoms with Crippen molar-refractivity contribution in [3.8, 4) is 0 Å². The molecular formula is C16H27NS. The van der Waals surface area contributed by atoms with Gasteiger partial charge in [0.2, 0.25) is 0 Å². The van der Waals surface area contributed by atoms with E-state index in [0.717, 1.165) is 18.8 Å². The molecule has 0 N–H and O–H groups in total. The van der Waals surface area contributed by atoms with Crippen LogP contribution < -0.4 is 0 Å². The molecule has 1 aromatic rings. The highest BCUT2D eigenvalue weighted by atomic mass is 32.1. The summed E-state index contributed by atoms with van der Waals surface area (Å²) < 4.78 is 0. The zero-order valence-corrected chi connectivity index (χ0v) is 13.0. The molecule has 1 aromatic carbocycles. The van der Waals surface area contributed by atoms with Gasteiger partial charge < -0.3 is 0 Å². The van der Waals surface area contributed by atoms with E-state index in [1.165, 1.54) is 5.56 Å². The topological polar surface area (TPSA) is 3.24 Å². The Kier molecular flexibility index (Phi) is 6.80. The molecule has 0 heterocycles. The van der Waals surface area contributed by atoms with E-state index in [-0.39, 0.29) is 0 Å². The van der Waals surface area contributed by atoms with E-state index in [0.29, 0.717) is 17.9 Å². The first-order valence-corrected chi connectivity index (χ1v) is 7.56. The molecule has 1 rings (SSSR count). The van der Waals surface area contributed by atoms with Crippen molar-refractivity contribution in [1.82, 2.24) is 4.90 Å². The molecule has 1 unspecified atom stereocenters. The highest BCUT2D eigenvalue weighted by Gasteiger charge is 2.18. The first-order chi connectivity index (χ1) is 8.54. The van der Waals surface area contributed by atoms with Gasteiger partial charge in [-0.15, -0.1) is 0 Å². The lowest BCUT2D eigenvalue weighted by Crippen LogP contribution is -2.37. The number of nitrogens with zero attached hydrogens (tertiary/aromatic N) is 1. The SMILES string of the molecule is CC(C)C(CS)CN(Cc1ccccc1)C(C)C. The van der Waals surface area contributed by atoms with Crippen LogP contribution in [0.5, 0.6) is 0 Å². The lowest BCUT2D eigenvalue weighted by atomic mass is 9.96. The first-order valence-electron chi connectivity index (χ1n) is 6.93. The number of benzene rings is 1. The zero-order valence-electron chi connectivity index (χ0n) is 12.1. The molecule has 0 aliphatic rings. The van der Waals surface area contributed by atoms with Crippen molar-refractivity contribution in [2.75, 3.05) is 12.3 Å². The molecule has 0 bridgehead atoms. The molecule has 0 fully saturated rings. The summed E-state index contributed by atoms with van der Waals surface area (Å²) in [6, 6.07) is 11.3. The molecule has 0 radical (unpaired) electrons. The van der Waals surface area contributed by atoms with Crippen LogP contribution in [0.3, 0.4) is 0 Å². The molecule has 102 valence electrons. The zero-order chi connectivity index (χ0) is 13.5. The summed E-state index contributed by atoms with van der Waals surface area (Å²) in [7, 11) is 0. The number of hydrogen-bond acceptors (Lipinski definition) is 2. The summed E-state index contributed by atoms with van der Waals surface area (Å²) in [5.74, 6) is 2.33. The summed E-state index contributed by atoms with van der Waals surface area (Å²) in [4.78, 5) is 2.55. The normalized spacial score (nSPS) is 13.6. The third kappa shape index (κ3) is 5.03. The summed E-state index contributed by atoms with van der Waals surface area (Å²) in [5.41, 5.74) is 1.40. The van der Waals surface area contributed by atoms with Gasteiger partial charge in [0.1, 0.15) is 0 Å².